The van der Waals surface area contributed by atoms with Gasteiger partial charge in [-0.2, -0.15) is 0 Å². The van der Waals surface area contributed by atoms with Gasteiger partial charge in [-0.15, -0.1) is 0 Å². The summed E-state index contributed by atoms with van der Waals surface area (Å²) in [5.74, 6) is 0.689. The number of rotatable bonds is 6. The lowest BCUT2D eigenvalue weighted by Crippen LogP contribution is -2.23. The van der Waals surface area contributed by atoms with Crippen molar-refractivity contribution < 1.29 is 9.53 Å². The van der Waals surface area contributed by atoms with Crippen molar-refractivity contribution in [3.05, 3.63) is 102 Å². The third-order valence-electron chi connectivity index (χ3n) is 4.28. The average Bonchev–Trinajstić information content (AvgIpc) is 3.20. The molecule has 0 unspecified atom stereocenters. The highest BCUT2D eigenvalue weighted by Gasteiger charge is 2.07. The zero-order valence-corrected chi connectivity index (χ0v) is 14.7. The van der Waals surface area contributed by atoms with Gasteiger partial charge < -0.3 is 14.5 Å². The van der Waals surface area contributed by atoms with Gasteiger partial charge in [0.15, 0.2) is 0 Å². The van der Waals surface area contributed by atoms with Gasteiger partial charge in [-0.3, -0.25) is 4.79 Å². The van der Waals surface area contributed by atoms with Gasteiger partial charge in [-0.25, -0.2) is 4.98 Å². The van der Waals surface area contributed by atoms with Gasteiger partial charge in [-0.05, 0) is 35.4 Å². The number of amides is 1. The molecule has 0 saturated carbocycles. The van der Waals surface area contributed by atoms with Crippen molar-refractivity contribution in [3.8, 4) is 5.75 Å². The molecule has 0 radical (unpaired) electrons. The fourth-order valence-electron chi connectivity index (χ4n) is 2.78. The molecule has 1 amide bonds. The van der Waals surface area contributed by atoms with E-state index in [-0.39, 0.29) is 5.91 Å². The Morgan fingerprint density at radius 2 is 1.78 bits per heavy atom. The van der Waals surface area contributed by atoms with Crippen LogP contribution in [-0.4, -0.2) is 15.3 Å². The minimum Gasteiger partial charge on any atom is -0.489 e. The van der Waals surface area contributed by atoms with Gasteiger partial charge in [-0.1, -0.05) is 42.5 Å². The van der Waals surface area contributed by atoms with Crippen molar-refractivity contribution in [1.82, 2.24) is 14.7 Å². The van der Waals surface area contributed by atoms with E-state index in [1.807, 2.05) is 71.3 Å². The lowest BCUT2D eigenvalue weighted by molar-refractivity contribution is 0.0950. The van der Waals surface area contributed by atoms with Crippen LogP contribution in [0.15, 0.2) is 85.3 Å². The third-order valence-corrected chi connectivity index (χ3v) is 4.28. The molecule has 2 heterocycles. The number of carbonyl (C=O) groups is 1. The first-order valence-corrected chi connectivity index (χ1v) is 8.74. The Kier molecular flexibility index (Phi) is 4.83. The van der Waals surface area contributed by atoms with E-state index in [1.165, 1.54) is 0 Å². The van der Waals surface area contributed by atoms with E-state index >= 15 is 0 Å². The van der Waals surface area contributed by atoms with Crippen LogP contribution in [0.3, 0.4) is 0 Å². The molecule has 2 aromatic heterocycles. The summed E-state index contributed by atoms with van der Waals surface area (Å²) in [6, 6.07) is 21.4. The first-order valence-electron chi connectivity index (χ1n) is 8.74. The zero-order chi connectivity index (χ0) is 18.5. The molecule has 134 valence electrons. The zero-order valence-electron chi connectivity index (χ0n) is 14.7. The Morgan fingerprint density at radius 3 is 2.59 bits per heavy atom. The van der Waals surface area contributed by atoms with Gasteiger partial charge in [0.25, 0.3) is 5.91 Å². The Hall–Kier alpha value is -3.60. The summed E-state index contributed by atoms with van der Waals surface area (Å²) in [7, 11) is 0. The minimum absolute atomic E-state index is 0.116. The normalized spacial score (nSPS) is 10.7. The Labute approximate surface area is 157 Å². The molecule has 0 atom stereocenters. The van der Waals surface area contributed by atoms with E-state index in [9.17, 15) is 4.79 Å². The summed E-state index contributed by atoms with van der Waals surface area (Å²) in [5.41, 5.74) is 3.56. The van der Waals surface area contributed by atoms with Crippen LogP contribution in [-0.2, 0) is 13.2 Å². The van der Waals surface area contributed by atoms with Gasteiger partial charge >= 0.3 is 0 Å². The van der Waals surface area contributed by atoms with Gasteiger partial charge in [0.1, 0.15) is 18.0 Å². The number of benzene rings is 2. The van der Waals surface area contributed by atoms with Crippen LogP contribution in [0.2, 0.25) is 0 Å². The van der Waals surface area contributed by atoms with Crippen molar-refractivity contribution in [1.29, 1.82) is 0 Å². The lowest BCUT2D eigenvalue weighted by Gasteiger charge is -2.09. The number of hydrogen-bond acceptors (Lipinski definition) is 3. The smallest absolute Gasteiger partial charge is 0.253 e. The van der Waals surface area contributed by atoms with Gasteiger partial charge in [0, 0.05) is 25.1 Å². The fourth-order valence-corrected chi connectivity index (χ4v) is 2.78. The maximum absolute atomic E-state index is 12.3. The molecule has 5 nitrogen and oxygen atoms in total. The van der Waals surface area contributed by atoms with E-state index in [4.69, 9.17) is 4.74 Å². The second-order valence-corrected chi connectivity index (χ2v) is 6.21. The van der Waals surface area contributed by atoms with Crippen molar-refractivity contribution in [2.45, 2.75) is 13.2 Å². The van der Waals surface area contributed by atoms with Crippen molar-refractivity contribution in [3.63, 3.8) is 0 Å². The van der Waals surface area contributed by atoms with Crippen LogP contribution < -0.4 is 10.1 Å². The fraction of sp³-hybridized carbons (Fsp3) is 0.0909. The molecular weight excluding hydrogens is 338 g/mol. The minimum atomic E-state index is -0.116. The number of pyridine rings is 1. The van der Waals surface area contributed by atoms with Crippen molar-refractivity contribution in [2.75, 3.05) is 0 Å². The lowest BCUT2D eigenvalue weighted by atomic mass is 10.2. The summed E-state index contributed by atoms with van der Waals surface area (Å²) in [6.07, 6.45) is 5.30. The monoisotopic (exact) mass is 357 g/mol. The number of imidazole rings is 1. The van der Waals surface area contributed by atoms with E-state index in [2.05, 4.69) is 10.3 Å². The molecule has 0 spiro atoms. The summed E-state index contributed by atoms with van der Waals surface area (Å²) < 4.78 is 7.61. The van der Waals surface area contributed by atoms with E-state index in [0.29, 0.717) is 18.7 Å². The predicted octanol–water partition coefficient (Wildman–Crippen LogP) is 3.84. The highest BCUT2D eigenvalue weighted by molar-refractivity contribution is 5.94. The topological polar surface area (TPSA) is 55.6 Å². The second-order valence-electron chi connectivity index (χ2n) is 6.21. The van der Waals surface area contributed by atoms with E-state index in [0.717, 1.165) is 22.5 Å². The van der Waals surface area contributed by atoms with Crippen molar-refractivity contribution in [2.24, 2.45) is 0 Å². The van der Waals surface area contributed by atoms with Crippen LogP contribution in [0.1, 0.15) is 21.5 Å². The molecule has 0 aliphatic carbocycles. The van der Waals surface area contributed by atoms with Gasteiger partial charge in [0.2, 0.25) is 0 Å². The molecule has 5 heteroatoms. The third kappa shape index (κ3) is 4.15. The van der Waals surface area contributed by atoms with Crippen molar-refractivity contribution >= 4 is 11.6 Å². The molecule has 0 saturated heterocycles. The number of carbonyl (C=O) groups excluding carboxylic acids is 1. The Morgan fingerprint density at radius 1 is 0.963 bits per heavy atom. The molecule has 1 N–H and O–H groups in total. The SMILES string of the molecule is O=C(NCc1ccc(OCc2ccccc2)cc1)c1ccc2nccn2c1. The average molecular weight is 357 g/mol. The number of aromatic nitrogens is 2. The molecule has 27 heavy (non-hydrogen) atoms. The maximum atomic E-state index is 12.3. The summed E-state index contributed by atoms with van der Waals surface area (Å²) in [4.78, 5) is 16.5. The van der Waals surface area contributed by atoms with Gasteiger partial charge in [0.05, 0.1) is 5.56 Å². The number of nitrogens with zero attached hydrogens (tertiary/aromatic N) is 2. The van der Waals surface area contributed by atoms with Crippen LogP contribution in [0.5, 0.6) is 5.75 Å². The van der Waals surface area contributed by atoms with E-state index < -0.39 is 0 Å². The number of nitrogens with one attached hydrogen (secondary N) is 1. The van der Waals surface area contributed by atoms with Crippen LogP contribution in [0, 0.1) is 0 Å². The first kappa shape index (κ1) is 16.8. The predicted molar refractivity (Wildman–Crippen MR) is 104 cm³/mol. The standard InChI is InChI=1S/C22H19N3O2/c26-22(19-8-11-21-23-12-13-25(21)15-19)24-14-17-6-9-20(10-7-17)27-16-18-4-2-1-3-5-18/h1-13,15H,14,16H2,(H,24,26). The summed E-state index contributed by atoms with van der Waals surface area (Å²) >= 11 is 0. The van der Waals surface area contributed by atoms with Crippen LogP contribution in [0.4, 0.5) is 0 Å². The van der Waals surface area contributed by atoms with Crippen LogP contribution >= 0.6 is 0 Å². The molecule has 0 aliphatic rings. The molecule has 2 aromatic carbocycles. The largest absolute Gasteiger partial charge is 0.489 e. The first-order chi connectivity index (χ1) is 13.3. The quantitative estimate of drug-likeness (QED) is 0.570. The highest BCUT2D eigenvalue weighted by atomic mass is 16.5. The molecule has 4 rings (SSSR count). The second kappa shape index (κ2) is 7.74. The summed E-state index contributed by atoms with van der Waals surface area (Å²) in [5, 5.41) is 2.94. The number of ether oxygens (including phenoxy) is 1. The highest BCUT2D eigenvalue weighted by Crippen LogP contribution is 2.14. The Balaban J connectivity index is 1.32. The van der Waals surface area contributed by atoms with Crippen LogP contribution in [0.25, 0.3) is 5.65 Å². The number of hydrogen-bond donors (Lipinski definition) is 1. The molecule has 0 fully saturated rings. The molecule has 0 aliphatic heterocycles. The molecular formula is C22H19N3O2. The maximum Gasteiger partial charge on any atom is 0.253 e. The summed E-state index contributed by atoms with van der Waals surface area (Å²) in [6.45, 7) is 0.993. The molecule has 0 bridgehead atoms. The number of fused-ring (bicyclic) bond motifs is 1. The molecule has 4 aromatic rings. The van der Waals surface area contributed by atoms with E-state index in [1.54, 1.807) is 18.5 Å². The Bertz CT molecular complexity index is 1040.